The highest BCUT2D eigenvalue weighted by molar-refractivity contribution is 5.20. The standard InChI is InChI=1S/C54H92O22/c1-23(20-55)11-10-15-54(9,76-49-45(68)41(64)37(60)29(74-49)22-70-47-43(66)39(62)35(58)25(3)72-47)26-12-17-53(8)33(26)27(56)19-31-51(6)16-14-32(50(4,5)30(51)13-18-52(31,53)7)75-48-44(67)40(63)36(59)28(73-48)21-69-46-42(65)38(61)34(57)24(2)71-46/h11,24-49,55-68H,10,12-22H2,1-9H3/b23-11+/t24-,25-,26-,27+,28+,29+,30+,31+,32+,33-,34-,35-,36+,37+,38+,39+,40-,41-,42+,43+,44+,45+,46+,47+,48-,49-,51+,52+,53+,54-/m0/s1. The number of aliphatic hydroxyl groups is 14. The Balaban J connectivity index is 0.982. The van der Waals surface area contributed by atoms with Crippen LogP contribution >= 0.6 is 0 Å². The Morgan fingerprint density at radius 3 is 1.59 bits per heavy atom. The van der Waals surface area contributed by atoms with Gasteiger partial charge in [-0.3, -0.25) is 0 Å². The Morgan fingerprint density at radius 2 is 1.05 bits per heavy atom. The van der Waals surface area contributed by atoms with Gasteiger partial charge in [-0.15, -0.1) is 0 Å². The van der Waals surface area contributed by atoms with Gasteiger partial charge in [0.2, 0.25) is 0 Å². The average molecular weight is 1090 g/mol. The normalized spacial score (nSPS) is 53.5. The molecule has 0 aromatic rings. The first kappa shape index (κ1) is 60.9. The van der Waals surface area contributed by atoms with Crippen LogP contribution in [0, 0.1) is 45.3 Å². The van der Waals surface area contributed by atoms with E-state index in [1.54, 1.807) is 0 Å². The Kier molecular flexibility index (Phi) is 18.4. The first-order valence-electron chi connectivity index (χ1n) is 27.8. The Hall–Kier alpha value is -1.14. The van der Waals surface area contributed by atoms with E-state index in [9.17, 15) is 71.5 Å². The van der Waals surface area contributed by atoms with Gasteiger partial charge in [0.1, 0.15) is 85.5 Å². The second-order valence-corrected chi connectivity index (χ2v) is 25.7. The number of rotatable bonds is 15. The fraction of sp³-hybridized carbons (Fsp3) is 0.963. The lowest BCUT2D eigenvalue weighted by Gasteiger charge is -2.71. The molecule has 8 rings (SSSR count). The van der Waals surface area contributed by atoms with Crippen molar-refractivity contribution in [2.75, 3.05) is 19.8 Å². The minimum atomic E-state index is -1.74. The van der Waals surface area contributed by atoms with Crippen molar-refractivity contribution in [2.45, 2.75) is 261 Å². The van der Waals surface area contributed by atoms with E-state index in [-0.39, 0.29) is 41.1 Å². The molecule has 8 aliphatic rings. The molecular formula is C54H92O22. The molecule has 0 spiro atoms. The molecule has 4 aliphatic carbocycles. The van der Waals surface area contributed by atoms with Crippen LogP contribution in [-0.4, -0.2) is 232 Å². The highest BCUT2D eigenvalue weighted by Crippen LogP contribution is 2.76. The van der Waals surface area contributed by atoms with E-state index < -0.39 is 165 Å². The number of fused-ring (bicyclic) bond motifs is 5. The number of allylic oxidation sites excluding steroid dienone is 1. The summed E-state index contributed by atoms with van der Waals surface area (Å²) >= 11 is 0. The molecule has 4 aliphatic heterocycles. The molecular weight excluding hydrogens is 1000 g/mol. The molecule has 0 aromatic heterocycles. The van der Waals surface area contributed by atoms with Gasteiger partial charge in [-0.05, 0) is 131 Å². The summed E-state index contributed by atoms with van der Waals surface area (Å²) in [6.07, 6.45) is -22.6. The number of aliphatic hydroxyl groups excluding tert-OH is 14. The molecule has 4 heterocycles. The first-order chi connectivity index (χ1) is 35.5. The predicted octanol–water partition coefficient (Wildman–Crippen LogP) is -1.17. The van der Waals surface area contributed by atoms with Gasteiger partial charge in [0, 0.05) is 0 Å². The third-order valence-corrected chi connectivity index (χ3v) is 21.0. The van der Waals surface area contributed by atoms with Gasteiger partial charge < -0.3 is 109 Å². The lowest BCUT2D eigenvalue weighted by atomic mass is 9.35. The maximum atomic E-state index is 12.8. The molecule has 0 bridgehead atoms. The van der Waals surface area contributed by atoms with E-state index in [1.807, 2.05) is 19.9 Å². The van der Waals surface area contributed by atoms with Crippen LogP contribution in [-0.2, 0) is 37.9 Å². The molecule has 30 atom stereocenters. The first-order valence-corrected chi connectivity index (χ1v) is 27.8. The topological polar surface area (TPSA) is 357 Å². The molecule has 0 aromatic carbocycles. The fourth-order valence-electron chi connectivity index (χ4n) is 16.1. The zero-order valence-electron chi connectivity index (χ0n) is 45.6. The largest absolute Gasteiger partial charge is 0.393 e. The number of hydrogen-bond donors (Lipinski definition) is 14. The summed E-state index contributed by atoms with van der Waals surface area (Å²) in [4.78, 5) is 0. The Labute approximate surface area is 445 Å². The smallest absolute Gasteiger partial charge is 0.187 e. The fourth-order valence-corrected chi connectivity index (χ4v) is 16.1. The van der Waals surface area contributed by atoms with Crippen LogP contribution in [0.5, 0.6) is 0 Å². The lowest BCUT2D eigenvalue weighted by Crippen LogP contribution is -2.67. The van der Waals surface area contributed by atoms with Crippen LogP contribution in [0.2, 0.25) is 0 Å². The van der Waals surface area contributed by atoms with Crippen molar-refractivity contribution >= 4 is 0 Å². The van der Waals surface area contributed by atoms with Gasteiger partial charge in [-0.25, -0.2) is 0 Å². The molecule has 0 amide bonds. The molecule has 22 heteroatoms. The summed E-state index contributed by atoms with van der Waals surface area (Å²) in [5.74, 6) is -0.430. The van der Waals surface area contributed by atoms with E-state index in [0.717, 1.165) is 24.8 Å². The van der Waals surface area contributed by atoms with Gasteiger partial charge in [0.05, 0.1) is 49.8 Å². The quantitative estimate of drug-likeness (QED) is 0.0678. The summed E-state index contributed by atoms with van der Waals surface area (Å²) in [5, 5.41) is 152. The summed E-state index contributed by atoms with van der Waals surface area (Å²) < 4.78 is 48.5. The summed E-state index contributed by atoms with van der Waals surface area (Å²) in [6.45, 7) is 17.0. The van der Waals surface area contributed by atoms with E-state index in [4.69, 9.17) is 37.9 Å². The molecule has 440 valence electrons. The molecule has 0 radical (unpaired) electrons. The van der Waals surface area contributed by atoms with Crippen LogP contribution in [0.3, 0.4) is 0 Å². The van der Waals surface area contributed by atoms with Gasteiger partial charge in [-0.2, -0.15) is 0 Å². The molecule has 8 fully saturated rings. The van der Waals surface area contributed by atoms with Crippen molar-refractivity contribution in [2.24, 2.45) is 45.3 Å². The van der Waals surface area contributed by atoms with Crippen LogP contribution in [0.25, 0.3) is 0 Å². The van der Waals surface area contributed by atoms with E-state index in [1.165, 1.54) is 13.8 Å². The minimum absolute atomic E-state index is 0.0610. The monoisotopic (exact) mass is 1090 g/mol. The molecule has 76 heavy (non-hydrogen) atoms. The van der Waals surface area contributed by atoms with Crippen molar-refractivity contribution in [3.8, 4) is 0 Å². The van der Waals surface area contributed by atoms with Crippen LogP contribution in [0.4, 0.5) is 0 Å². The minimum Gasteiger partial charge on any atom is -0.393 e. The number of ether oxygens (including phenoxy) is 8. The number of hydrogen-bond acceptors (Lipinski definition) is 22. The third-order valence-electron chi connectivity index (χ3n) is 21.0. The van der Waals surface area contributed by atoms with Gasteiger partial charge >= 0.3 is 0 Å². The van der Waals surface area contributed by atoms with Crippen molar-refractivity contribution in [3.05, 3.63) is 11.6 Å². The van der Waals surface area contributed by atoms with Gasteiger partial charge in [0.15, 0.2) is 25.2 Å². The van der Waals surface area contributed by atoms with Crippen molar-refractivity contribution in [3.63, 3.8) is 0 Å². The SMILES string of the molecule is C/C(=C\CC[C@](C)(O[C@@H]1O[C@H](CO[C@@H]2O[C@@H](C)[C@H](O)[C@@H](O)[C@H]2O)[C@@H](O)[C@H](O)[C@H]1O)[C@H]1CC[C@]2(C)[C@@H]1[C@H](O)C[C@@H]1[C@]3(C)CC[C@@H](O[C@@H]4O[C@H](CO[C@@H]5O[C@@H](C)[C@H](O)[C@@H](O)[C@H]5O)[C@@H](O)[C@H](O)[C@H]4O)C(C)(C)[C@H]3CC[C@]12C)CO. The van der Waals surface area contributed by atoms with Crippen molar-refractivity contribution in [1.82, 2.24) is 0 Å². The van der Waals surface area contributed by atoms with Crippen LogP contribution in [0.1, 0.15) is 120 Å². The Morgan fingerprint density at radius 1 is 0.566 bits per heavy atom. The summed E-state index contributed by atoms with van der Waals surface area (Å²) in [7, 11) is 0. The zero-order chi connectivity index (χ0) is 55.9. The van der Waals surface area contributed by atoms with E-state index in [0.29, 0.717) is 38.5 Å². The average Bonchev–Trinajstić information content (AvgIpc) is 3.83. The van der Waals surface area contributed by atoms with Gasteiger partial charge in [-0.1, -0.05) is 46.3 Å². The second-order valence-electron chi connectivity index (χ2n) is 25.7. The summed E-state index contributed by atoms with van der Waals surface area (Å²) in [5.41, 5.74) is -1.84. The lowest BCUT2D eigenvalue weighted by molar-refractivity contribution is -0.349. The summed E-state index contributed by atoms with van der Waals surface area (Å²) in [6, 6.07) is 0. The van der Waals surface area contributed by atoms with E-state index >= 15 is 0 Å². The van der Waals surface area contributed by atoms with Crippen molar-refractivity contribution < 1.29 is 109 Å². The van der Waals surface area contributed by atoms with Crippen LogP contribution < -0.4 is 0 Å². The molecule has 4 saturated heterocycles. The predicted molar refractivity (Wildman–Crippen MR) is 265 cm³/mol. The maximum Gasteiger partial charge on any atom is 0.187 e. The molecule has 0 unspecified atom stereocenters. The third kappa shape index (κ3) is 10.7. The molecule has 4 saturated carbocycles. The maximum absolute atomic E-state index is 12.8. The molecule has 14 N–H and O–H groups in total. The second kappa shape index (κ2) is 22.9. The highest BCUT2D eigenvalue weighted by Gasteiger charge is 2.72. The van der Waals surface area contributed by atoms with E-state index in [2.05, 4.69) is 34.6 Å². The molecule has 22 nitrogen and oxygen atoms in total. The van der Waals surface area contributed by atoms with Gasteiger partial charge in [0.25, 0.3) is 0 Å². The highest BCUT2D eigenvalue weighted by atomic mass is 16.7. The Bertz CT molecular complexity index is 1980. The van der Waals surface area contributed by atoms with Crippen LogP contribution in [0.15, 0.2) is 11.6 Å². The van der Waals surface area contributed by atoms with Crippen molar-refractivity contribution in [1.29, 1.82) is 0 Å². The zero-order valence-corrected chi connectivity index (χ0v) is 45.6.